The topological polar surface area (TPSA) is 90.7 Å². The molecule has 0 fully saturated rings. The van der Waals surface area contributed by atoms with Gasteiger partial charge in [0.05, 0.1) is 6.61 Å². The Hall–Kier alpha value is -3.32. The van der Waals surface area contributed by atoms with E-state index >= 15 is 0 Å². The number of benzene rings is 2. The molecular formula is C24H25ClN2O5. The summed E-state index contributed by atoms with van der Waals surface area (Å²) in [7, 11) is 0. The number of para-hydroxylation sites is 1. The number of rotatable bonds is 8. The Morgan fingerprint density at radius 3 is 2.44 bits per heavy atom. The van der Waals surface area contributed by atoms with Gasteiger partial charge in [-0.2, -0.15) is 0 Å². The number of hydrogen-bond acceptors (Lipinski definition) is 6. The van der Waals surface area contributed by atoms with E-state index in [-0.39, 0.29) is 29.7 Å². The van der Waals surface area contributed by atoms with Crippen LogP contribution in [0.2, 0.25) is 5.02 Å². The van der Waals surface area contributed by atoms with Crippen molar-refractivity contribution in [2.24, 2.45) is 0 Å². The molecule has 1 atom stereocenters. The Kier molecular flexibility index (Phi) is 7.53. The summed E-state index contributed by atoms with van der Waals surface area (Å²) in [5, 5.41) is 7.12. The molecule has 3 aromatic rings. The Morgan fingerprint density at radius 2 is 1.78 bits per heavy atom. The highest BCUT2D eigenvalue weighted by atomic mass is 35.5. The number of halogens is 1. The van der Waals surface area contributed by atoms with Gasteiger partial charge in [-0.25, -0.2) is 4.79 Å². The average molecular weight is 457 g/mol. The smallest absolute Gasteiger partial charge is 0.346 e. The number of anilines is 1. The molecule has 7 nitrogen and oxygen atoms in total. The Bertz CT molecular complexity index is 1090. The van der Waals surface area contributed by atoms with Gasteiger partial charge in [0.25, 0.3) is 5.91 Å². The summed E-state index contributed by atoms with van der Waals surface area (Å²) in [4.78, 5) is 25.4. The minimum Gasteiger partial charge on any atom is -0.481 e. The van der Waals surface area contributed by atoms with Crippen LogP contribution in [0.4, 0.5) is 5.88 Å². The van der Waals surface area contributed by atoms with Gasteiger partial charge in [-0.15, -0.1) is 0 Å². The van der Waals surface area contributed by atoms with Gasteiger partial charge in [0.15, 0.2) is 11.7 Å². The first-order valence-electron chi connectivity index (χ1n) is 10.3. The molecule has 1 amide bonds. The summed E-state index contributed by atoms with van der Waals surface area (Å²) in [6.07, 6.45) is -0.853. The van der Waals surface area contributed by atoms with E-state index in [4.69, 9.17) is 25.6 Å². The molecule has 1 aromatic heterocycles. The summed E-state index contributed by atoms with van der Waals surface area (Å²) in [5.41, 5.74) is 1.85. The molecule has 0 spiro atoms. The second kappa shape index (κ2) is 10.3. The summed E-state index contributed by atoms with van der Waals surface area (Å²) < 4.78 is 16.3. The molecule has 32 heavy (non-hydrogen) atoms. The molecule has 0 radical (unpaired) electrons. The van der Waals surface area contributed by atoms with Crippen molar-refractivity contribution in [2.75, 3.05) is 11.9 Å². The third kappa shape index (κ3) is 5.29. The molecule has 0 aliphatic carbocycles. The van der Waals surface area contributed by atoms with Crippen LogP contribution in [0, 0.1) is 0 Å². The molecule has 168 valence electrons. The van der Waals surface area contributed by atoms with Gasteiger partial charge in [-0.3, -0.25) is 10.1 Å². The van der Waals surface area contributed by atoms with Crippen molar-refractivity contribution in [3.05, 3.63) is 64.7 Å². The molecule has 8 heteroatoms. The van der Waals surface area contributed by atoms with E-state index in [1.54, 1.807) is 38.1 Å². The van der Waals surface area contributed by atoms with Gasteiger partial charge in [-0.1, -0.05) is 60.9 Å². The number of nitrogens with zero attached hydrogens (tertiary/aromatic N) is 1. The van der Waals surface area contributed by atoms with Gasteiger partial charge in [0.2, 0.25) is 5.88 Å². The van der Waals surface area contributed by atoms with Crippen molar-refractivity contribution < 1.29 is 23.6 Å². The van der Waals surface area contributed by atoms with Crippen LogP contribution in [0.3, 0.4) is 0 Å². The lowest BCUT2D eigenvalue weighted by molar-refractivity contribution is -0.122. The number of esters is 1. The summed E-state index contributed by atoms with van der Waals surface area (Å²) in [5.74, 6) is -0.407. The third-order valence-electron chi connectivity index (χ3n) is 4.74. The summed E-state index contributed by atoms with van der Waals surface area (Å²) in [6.45, 7) is 7.56. The number of nitrogens with one attached hydrogen (secondary N) is 1. The highest BCUT2D eigenvalue weighted by Crippen LogP contribution is 2.31. The van der Waals surface area contributed by atoms with E-state index in [0.717, 1.165) is 5.56 Å². The van der Waals surface area contributed by atoms with Crippen molar-refractivity contribution in [3.63, 3.8) is 0 Å². The van der Waals surface area contributed by atoms with Crippen molar-refractivity contribution in [2.45, 2.75) is 39.7 Å². The quantitative estimate of drug-likeness (QED) is 0.437. The molecule has 3 rings (SSSR count). The highest BCUT2D eigenvalue weighted by molar-refractivity contribution is 6.30. The summed E-state index contributed by atoms with van der Waals surface area (Å²) in [6, 6.07) is 14.3. The predicted molar refractivity (Wildman–Crippen MR) is 122 cm³/mol. The number of carbonyl (C=O) groups is 2. The number of carbonyl (C=O) groups excluding carboxylic acids is 2. The first-order chi connectivity index (χ1) is 15.3. The highest BCUT2D eigenvalue weighted by Gasteiger charge is 2.28. The second-order valence-corrected chi connectivity index (χ2v) is 7.84. The minimum atomic E-state index is -0.853. The Labute approximate surface area is 191 Å². The van der Waals surface area contributed by atoms with Crippen LogP contribution in [-0.4, -0.2) is 29.7 Å². The van der Waals surface area contributed by atoms with Gasteiger partial charge < -0.3 is 14.0 Å². The van der Waals surface area contributed by atoms with Gasteiger partial charge >= 0.3 is 5.97 Å². The zero-order chi connectivity index (χ0) is 23.3. The molecule has 1 N–H and O–H groups in total. The minimum absolute atomic E-state index is 0.0253. The van der Waals surface area contributed by atoms with Crippen LogP contribution < -0.4 is 10.1 Å². The molecule has 0 saturated carbocycles. The normalized spacial score (nSPS) is 11.8. The molecular weight excluding hydrogens is 432 g/mol. The van der Waals surface area contributed by atoms with Crippen LogP contribution >= 0.6 is 11.6 Å². The standard InChI is InChI=1S/C24H25ClN2O5/c1-5-30-24(29)20-21(16-10-12-17(25)13-11-16)27-32-23(20)26-22(28)15(4)31-19-9-7-6-8-18(19)14(2)3/h6-15H,5H2,1-4H3,(H,26,28). The maximum atomic E-state index is 12.8. The zero-order valence-electron chi connectivity index (χ0n) is 18.3. The van der Waals surface area contributed by atoms with Gasteiger partial charge in [0, 0.05) is 10.6 Å². The van der Waals surface area contributed by atoms with Gasteiger partial charge in [0.1, 0.15) is 11.4 Å². The molecule has 0 aliphatic heterocycles. The average Bonchev–Trinajstić information content (AvgIpc) is 3.18. The Morgan fingerprint density at radius 1 is 1.09 bits per heavy atom. The van der Waals surface area contributed by atoms with Crippen LogP contribution in [0.15, 0.2) is 53.1 Å². The first kappa shape index (κ1) is 23.3. The lowest BCUT2D eigenvalue weighted by Crippen LogP contribution is -2.31. The molecule has 1 heterocycles. The molecule has 1 unspecified atom stereocenters. The monoisotopic (exact) mass is 456 g/mol. The second-order valence-electron chi connectivity index (χ2n) is 7.40. The summed E-state index contributed by atoms with van der Waals surface area (Å²) >= 11 is 5.95. The molecule has 0 aliphatic rings. The lowest BCUT2D eigenvalue weighted by Gasteiger charge is -2.18. The lowest BCUT2D eigenvalue weighted by atomic mass is 10.0. The largest absolute Gasteiger partial charge is 0.481 e. The van der Waals surface area contributed by atoms with E-state index in [1.165, 1.54) is 0 Å². The van der Waals surface area contributed by atoms with Crippen LogP contribution in [0.25, 0.3) is 11.3 Å². The maximum absolute atomic E-state index is 12.8. The van der Waals surface area contributed by atoms with E-state index in [0.29, 0.717) is 16.3 Å². The van der Waals surface area contributed by atoms with Crippen LogP contribution in [0.5, 0.6) is 5.75 Å². The number of ether oxygens (including phenoxy) is 2. The fourth-order valence-corrected chi connectivity index (χ4v) is 3.22. The van der Waals surface area contributed by atoms with Crippen molar-refractivity contribution in [1.82, 2.24) is 5.16 Å². The SMILES string of the molecule is CCOC(=O)c1c(-c2ccc(Cl)cc2)noc1NC(=O)C(C)Oc1ccccc1C(C)C. The number of hydrogen-bond donors (Lipinski definition) is 1. The number of aromatic nitrogens is 1. The fourth-order valence-electron chi connectivity index (χ4n) is 3.10. The van der Waals surface area contributed by atoms with E-state index in [2.05, 4.69) is 10.5 Å². The maximum Gasteiger partial charge on any atom is 0.346 e. The van der Waals surface area contributed by atoms with Crippen molar-refractivity contribution in [3.8, 4) is 17.0 Å². The van der Waals surface area contributed by atoms with E-state index in [9.17, 15) is 9.59 Å². The van der Waals surface area contributed by atoms with Crippen molar-refractivity contribution >= 4 is 29.4 Å². The predicted octanol–water partition coefficient (Wildman–Crippen LogP) is 5.70. The molecule has 2 aromatic carbocycles. The molecule has 0 bridgehead atoms. The Balaban J connectivity index is 1.85. The third-order valence-corrected chi connectivity index (χ3v) is 4.99. The first-order valence-corrected chi connectivity index (χ1v) is 10.7. The number of amides is 1. The van der Waals surface area contributed by atoms with Crippen LogP contribution in [0.1, 0.15) is 49.5 Å². The van der Waals surface area contributed by atoms with Crippen molar-refractivity contribution in [1.29, 1.82) is 0 Å². The van der Waals surface area contributed by atoms with Gasteiger partial charge in [-0.05, 0) is 43.5 Å². The van der Waals surface area contributed by atoms with Crippen LogP contribution in [-0.2, 0) is 9.53 Å². The van der Waals surface area contributed by atoms with E-state index in [1.807, 2.05) is 38.1 Å². The fraction of sp³-hybridized carbons (Fsp3) is 0.292. The zero-order valence-corrected chi connectivity index (χ0v) is 19.1. The molecule has 0 saturated heterocycles. The van der Waals surface area contributed by atoms with E-state index < -0.39 is 18.0 Å².